The van der Waals surface area contributed by atoms with Crippen molar-refractivity contribution in [2.24, 2.45) is 0 Å². The lowest BCUT2D eigenvalue weighted by molar-refractivity contribution is 0.0814. The molecule has 0 bridgehead atoms. The molecule has 1 aliphatic carbocycles. The van der Waals surface area contributed by atoms with Crippen LogP contribution in [0, 0.1) is 6.92 Å². The van der Waals surface area contributed by atoms with Crippen molar-refractivity contribution in [1.29, 1.82) is 0 Å². The summed E-state index contributed by atoms with van der Waals surface area (Å²) in [6.07, 6.45) is 0. The van der Waals surface area contributed by atoms with E-state index in [1.807, 2.05) is 0 Å². The van der Waals surface area contributed by atoms with Crippen LogP contribution in [0.3, 0.4) is 0 Å². The summed E-state index contributed by atoms with van der Waals surface area (Å²) >= 11 is 0. The Bertz CT molecular complexity index is 770. The normalized spacial score (nSPS) is 12.9. The molecule has 1 aromatic carbocycles. The van der Waals surface area contributed by atoms with Crippen LogP contribution in [0.15, 0.2) is 28.7 Å². The van der Waals surface area contributed by atoms with Gasteiger partial charge in [0.05, 0.1) is 5.56 Å². The van der Waals surface area contributed by atoms with Crippen molar-refractivity contribution in [1.82, 2.24) is 5.32 Å². The van der Waals surface area contributed by atoms with E-state index in [4.69, 9.17) is 4.42 Å². The monoisotopic (exact) mass is 269 g/mol. The van der Waals surface area contributed by atoms with Gasteiger partial charge in [-0.25, -0.2) is 0 Å². The summed E-state index contributed by atoms with van der Waals surface area (Å²) in [5, 5.41) is 2.45. The maximum atomic E-state index is 12.2. The topological polar surface area (TPSA) is 76.4 Å². The lowest BCUT2D eigenvalue weighted by Gasteiger charge is -2.12. The summed E-state index contributed by atoms with van der Waals surface area (Å²) in [6.45, 7) is 1.60. The van der Waals surface area contributed by atoms with Gasteiger partial charge in [0.25, 0.3) is 5.91 Å². The highest BCUT2D eigenvalue weighted by Gasteiger charge is 2.36. The number of nitrogens with one attached hydrogen (secondary N) is 1. The maximum absolute atomic E-state index is 12.2. The van der Waals surface area contributed by atoms with Gasteiger partial charge in [-0.15, -0.1) is 0 Å². The van der Waals surface area contributed by atoms with Crippen molar-refractivity contribution in [3.8, 4) is 11.3 Å². The fraction of sp³-hybridized carbons (Fsp3) is 0.133. The second kappa shape index (κ2) is 4.16. The molecular weight excluding hydrogens is 258 g/mol. The van der Waals surface area contributed by atoms with E-state index in [1.165, 1.54) is 7.05 Å². The highest BCUT2D eigenvalue weighted by atomic mass is 16.4. The van der Waals surface area contributed by atoms with E-state index in [0.717, 1.165) is 0 Å². The van der Waals surface area contributed by atoms with E-state index in [0.29, 0.717) is 22.5 Å². The van der Waals surface area contributed by atoms with Crippen LogP contribution in [0.4, 0.5) is 0 Å². The summed E-state index contributed by atoms with van der Waals surface area (Å²) in [7, 11) is 1.48. The van der Waals surface area contributed by atoms with Gasteiger partial charge in [0.15, 0.2) is 5.76 Å². The van der Waals surface area contributed by atoms with Gasteiger partial charge in [-0.1, -0.05) is 24.3 Å². The molecule has 1 N–H and O–H groups in total. The summed E-state index contributed by atoms with van der Waals surface area (Å²) in [5.74, 6) is -1.26. The number of furan rings is 1. The Labute approximate surface area is 114 Å². The molecule has 3 rings (SSSR count). The zero-order valence-electron chi connectivity index (χ0n) is 10.9. The van der Waals surface area contributed by atoms with Crippen LogP contribution in [0.1, 0.15) is 36.8 Å². The number of carbonyl (C=O) groups is 3. The number of fused-ring (bicyclic) bond motifs is 3. The minimum Gasteiger partial charge on any atom is -0.450 e. The number of benzene rings is 1. The van der Waals surface area contributed by atoms with Crippen LogP contribution < -0.4 is 5.32 Å². The number of carbonyl (C=O) groups excluding carboxylic acids is 3. The van der Waals surface area contributed by atoms with Gasteiger partial charge in [-0.3, -0.25) is 14.4 Å². The van der Waals surface area contributed by atoms with Crippen molar-refractivity contribution in [3.63, 3.8) is 0 Å². The molecule has 1 amide bonds. The number of ketones is 2. The van der Waals surface area contributed by atoms with Crippen LogP contribution in [-0.2, 0) is 0 Å². The fourth-order valence-electron chi connectivity index (χ4n) is 2.42. The van der Waals surface area contributed by atoms with Crippen molar-refractivity contribution >= 4 is 17.5 Å². The Morgan fingerprint density at radius 3 is 2.40 bits per heavy atom. The second-order valence-corrected chi connectivity index (χ2v) is 4.54. The van der Waals surface area contributed by atoms with Crippen molar-refractivity contribution < 1.29 is 18.8 Å². The Morgan fingerprint density at radius 2 is 1.75 bits per heavy atom. The van der Waals surface area contributed by atoms with E-state index in [2.05, 4.69) is 5.32 Å². The summed E-state index contributed by atoms with van der Waals surface area (Å²) in [4.78, 5) is 36.0. The first-order valence-corrected chi connectivity index (χ1v) is 6.10. The molecule has 20 heavy (non-hydrogen) atoms. The summed E-state index contributed by atoms with van der Waals surface area (Å²) in [5.41, 5.74) is 1.44. The van der Waals surface area contributed by atoms with Crippen molar-refractivity contribution in [2.75, 3.05) is 7.05 Å². The van der Waals surface area contributed by atoms with E-state index in [9.17, 15) is 14.4 Å². The second-order valence-electron chi connectivity index (χ2n) is 4.54. The number of rotatable bonds is 1. The first kappa shape index (κ1) is 12.3. The standard InChI is InChI=1S/C15H11NO4/c1-7-10-12(18)11(17)8-5-3-4-6-9(8)14(10)20-13(7)15(19)16-2/h3-6H,1-2H3,(H,16,19). The molecule has 5 heteroatoms. The average molecular weight is 269 g/mol. The predicted molar refractivity (Wildman–Crippen MR) is 70.9 cm³/mol. The lowest BCUT2D eigenvalue weighted by atomic mass is 9.87. The Kier molecular flexibility index (Phi) is 2.57. The van der Waals surface area contributed by atoms with Crippen LogP contribution in [0.5, 0.6) is 0 Å². The third kappa shape index (κ3) is 1.46. The average Bonchev–Trinajstić information content (AvgIpc) is 2.82. The Hall–Kier alpha value is -2.69. The predicted octanol–water partition coefficient (Wildman–Crippen LogP) is 1.99. The molecule has 0 fully saturated rings. The summed E-state index contributed by atoms with van der Waals surface area (Å²) < 4.78 is 5.55. The molecule has 0 saturated carbocycles. The van der Waals surface area contributed by atoms with E-state index in [1.54, 1.807) is 31.2 Å². The minimum absolute atomic E-state index is 0.0651. The van der Waals surface area contributed by atoms with Gasteiger partial charge in [0.1, 0.15) is 5.76 Å². The van der Waals surface area contributed by atoms with Crippen molar-refractivity contribution in [2.45, 2.75) is 6.92 Å². The number of hydrogen-bond donors (Lipinski definition) is 1. The van der Waals surface area contributed by atoms with Crippen LogP contribution >= 0.6 is 0 Å². The molecule has 5 nitrogen and oxygen atoms in total. The zero-order chi connectivity index (χ0) is 14.4. The van der Waals surface area contributed by atoms with Crippen LogP contribution in [-0.4, -0.2) is 24.5 Å². The third-order valence-corrected chi connectivity index (χ3v) is 3.43. The van der Waals surface area contributed by atoms with Gasteiger partial charge in [-0.2, -0.15) is 0 Å². The fourth-order valence-corrected chi connectivity index (χ4v) is 2.42. The van der Waals surface area contributed by atoms with Gasteiger partial charge in [0, 0.05) is 23.7 Å². The summed E-state index contributed by atoms with van der Waals surface area (Å²) in [6, 6.07) is 6.72. The van der Waals surface area contributed by atoms with Gasteiger partial charge < -0.3 is 9.73 Å². The van der Waals surface area contributed by atoms with Gasteiger partial charge in [0.2, 0.25) is 11.6 Å². The largest absolute Gasteiger partial charge is 0.450 e. The molecule has 2 aromatic rings. The van der Waals surface area contributed by atoms with E-state index >= 15 is 0 Å². The van der Waals surface area contributed by atoms with Crippen LogP contribution in [0.25, 0.3) is 11.3 Å². The molecule has 0 atom stereocenters. The van der Waals surface area contributed by atoms with Gasteiger partial charge >= 0.3 is 0 Å². The zero-order valence-corrected chi connectivity index (χ0v) is 10.9. The molecular formula is C15H11NO4. The molecule has 0 radical (unpaired) electrons. The highest BCUT2D eigenvalue weighted by Crippen LogP contribution is 2.38. The first-order valence-electron chi connectivity index (χ1n) is 6.10. The third-order valence-electron chi connectivity index (χ3n) is 3.43. The molecule has 0 unspecified atom stereocenters. The molecule has 1 heterocycles. The quantitative estimate of drug-likeness (QED) is 0.803. The lowest BCUT2D eigenvalue weighted by Crippen LogP contribution is -2.21. The molecule has 0 saturated heterocycles. The SMILES string of the molecule is CNC(=O)c1oc2c(c1C)C(=O)C(=O)c1ccccc1-2. The number of Topliss-reactive ketones (excluding diaryl/α,β-unsaturated/α-hetero) is 2. The smallest absolute Gasteiger partial charge is 0.287 e. The van der Waals surface area contributed by atoms with Crippen molar-refractivity contribution in [3.05, 3.63) is 46.7 Å². The van der Waals surface area contributed by atoms with E-state index in [-0.39, 0.29) is 11.3 Å². The molecule has 100 valence electrons. The number of amides is 1. The maximum Gasteiger partial charge on any atom is 0.287 e. The highest BCUT2D eigenvalue weighted by molar-refractivity contribution is 6.53. The minimum atomic E-state index is -0.630. The molecule has 0 aliphatic heterocycles. The van der Waals surface area contributed by atoms with Gasteiger partial charge in [-0.05, 0) is 6.92 Å². The van der Waals surface area contributed by atoms with E-state index < -0.39 is 17.5 Å². The number of hydrogen-bond acceptors (Lipinski definition) is 4. The molecule has 1 aromatic heterocycles. The molecule has 0 spiro atoms. The Balaban J connectivity index is 2.34. The van der Waals surface area contributed by atoms with Crippen LogP contribution in [0.2, 0.25) is 0 Å². The first-order chi connectivity index (χ1) is 9.56. The Morgan fingerprint density at radius 1 is 1.10 bits per heavy atom. The molecule has 1 aliphatic rings.